The number of carbonyl (C=O) groups excluding carboxylic acids is 2. The summed E-state index contributed by atoms with van der Waals surface area (Å²) in [7, 11) is 4.06. The Hall–Kier alpha value is -1.88. The van der Waals surface area contributed by atoms with Crippen molar-refractivity contribution in [2.24, 2.45) is 0 Å². The Morgan fingerprint density at radius 3 is 2.71 bits per heavy atom. The van der Waals surface area contributed by atoms with Crippen LogP contribution in [0.1, 0.15) is 42.9 Å². The third-order valence-electron chi connectivity index (χ3n) is 4.67. The molecule has 2 rings (SSSR count). The normalized spacial score (nSPS) is 15.8. The highest BCUT2D eigenvalue weighted by Gasteiger charge is 2.20. The number of nitrogens with one attached hydrogen (secondary N) is 1. The summed E-state index contributed by atoms with van der Waals surface area (Å²) in [6, 6.07) is 8.44. The Kier molecular flexibility index (Phi) is 6.79. The van der Waals surface area contributed by atoms with E-state index in [0.29, 0.717) is 25.9 Å². The van der Waals surface area contributed by atoms with Crippen LogP contribution in [0, 0.1) is 6.92 Å². The quantitative estimate of drug-likeness (QED) is 0.794. The predicted molar refractivity (Wildman–Crippen MR) is 95.7 cm³/mol. The van der Waals surface area contributed by atoms with E-state index in [1.165, 1.54) is 11.1 Å². The maximum absolute atomic E-state index is 12.1. The van der Waals surface area contributed by atoms with E-state index in [9.17, 15) is 9.59 Å². The molecule has 132 valence electrons. The number of hydrogen-bond donors (Lipinski definition) is 1. The zero-order chi connectivity index (χ0) is 17.5. The van der Waals surface area contributed by atoms with Gasteiger partial charge in [-0.15, -0.1) is 0 Å². The highest BCUT2D eigenvalue weighted by atomic mass is 16.2. The summed E-state index contributed by atoms with van der Waals surface area (Å²) < 4.78 is 0. The molecule has 1 fully saturated rings. The molecule has 1 aliphatic rings. The molecule has 1 aromatic rings. The molecule has 1 aliphatic heterocycles. The fraction of sp³-hybridized carbons (Fsp3) is 0.579. The fourth-order valence-electron chi connectivity index (χ4n) is 3.20. The van der Waals surface area contributed by atoms with E-state index in [4.69, 9.17) is 0 Å². The molecule has 0 aromatic heterocycles. The largest absolute Gasteiger partial charge is 0.354 e. The van der Waals surface area contributed by atoms with Gasteiger partial charge in [0, 0.05) is 32.5 Å². The summed E-state index contributed by atoms with van der Waals surface area (Å²) in [5.74, 6) is 0.282. The van der Waals surface area contributed by atoms with E-state index in [2.05, 4.69) is 29.3 Å². The molecular formula is C19H29N3O2. The number of carbonyl (C=O) groups is 2. The molecule has 0 spiro atoms. The molecule has 1 atom stereocenters. The minimum absolute atomic E-state index is 0.0575. The first-order chi connectivity index (χ1) is 11.5. The van der Waals surface area contributed by atoms with Crippen molar-refractivity contribution in [1.82, 2.24) is 15.1 Å². The molecular weight excluding hydrogens is 302 g/mol. The van der Waals surface area contributed by atoms with Gasteiger partial charge in [0.2, 0.25) is 11.8 Å². The predicted octanol–water partition coefficient (Wildman–Crippen LogP) is 2.12. The molecule has 5 nitrogen and oxygen atoms in total. The van der Waals surface area contributed by atoms with Crippen LogP contribution in [0.15, 0.2) is 24.3 Å². The van der Waals surface area contributed by atoms with Crippen LogP contribution in [-0.2, 0) is 9.59 Å². The summed E-state index contributed by atoms with van der Waals surface area (Å²) in [5, 5.41) is 3.04. The molecule has 5 heteroatoms. The van der Waals surface area contributed by atoms with E-state index in [1.807, 2.05) is 31.1 Å². The highest BCUT2D eigenvalue weighted by molar-refractivity contribution is 5.78. The number of likely N-dealkylation sites (N-methyl/N-ethyl adjacent to an activating group) is 1. The second-order valence-electron chi connectivity index (χ2n) is 6.73. The first-order valence-electron chi connectivity index (χ1n) is 8.75. The molecule has 0 saturated carbocycles. The Labute approximate surface area is 145 Å². The van der Waals surface area contributed by atoms with Gasteiger partial charge in [0.25, 0.3) is 0 Å². The van der Waals surface area contributed by atoms with Gasteiger partial charge in [0.05, 0.1) is 6.04 Å². The van der Waals surface area contributed by atoms with Crippen LogP contribution in [0.2, 0.25) is 0 Å². The SMILES string of the molecule is Cc1ccccc1[C@H](CNC(=O)CCCN1CCCC1=O)N(C)C. The summed E-state index contributed by atoms with van der Waals surface area (Å²) in [6.07, 6.45) is 2.81. The average molecular weight is 331 g/mol. The molecule has 1 aromatic carbocycles. The zero-order valence-corrected chi connectivity index (χ0v) is 15.0. The Balaban J connectivity index is 1.78. The lowest BCUT2D eigenvalue weighted by Crippen LogP contribution is -2.35. The zero-order valence-electron chi connectivity index (χ0n) is 15.0. The molecule has 1 saturated heterocycles. The van der Waals surface area contributed by atoms with Crippen LogP contribution in [-0.4, -0.2) is 55.3 Å². The van der Waals surface area contributed by atoms with Gasteiger partial charge in [-0.05, 0) is 45.0 Å². The molecule has 1 N–H and O–H groups in total. The minimum Gasteiger partial charge on any atom is -0.354 e. The minimum atomic E-state index is 0.0575. The molecule has 1 heterocycles. The van der Waals surface area contributed by atoms with Crippen LogP contribution >= 0.6 is 0 Å². The third kappa shape index (κ3) is 5.06. The Morgan fingerprint density at radius 2 is 2.08 bits per heavy atom. The van der Waals surface area contributed by atoms with Gasteiger partial charge < -0.3 is 15.1 Å². The van der Waals surface area contributed by atoms with Gasteiger partial charge >= 0.3 is 0 Å². The van der Waals surface area contributed by atoms with Gasteiger partial charge in [0.15, 0.2) is 0 Å². The van der Waals surface area contributed by atoms with E-state index in [1.54, 1.807) is 0 Å². The second kappa shape index (κ2) is 8.83. The lowest BCUT2D eigenvalue weighted by atomic mass is 10.0. The van der Waals surface area contributed by atoms with Gasteiger partial charge in [-0.2, -0.15) is 0 Å². The second-order valence-corrected chi connectivity index (χ2v) is 6.73. The van der Waals surface area contributed by atoms with Crippen LogP contribution in [0.3, 0.4) is 0 Å². The van der Waals surface area contributed by atoms with Crippen molar-refractivity contribution in [1.29, 1.82) is 0 Å². The number of aryl methyl sites for hydroxylation is 1. The van der Waals surface area contributed by atoms with Gasteiger partial charge in [0.1, 0.15) is 0 Å². The fourth-order valence-corrected chi connectivity index (χ4v) is 3.20. The first kappa shape index (κ1) is 18.5. The summed E-state index contributed by atoms with van der Waals surface area (Å²) in [4.78, 5) is 27.7. The van der Waals surface area contributed by atoms with Crippen LogP contribution in [0.4, 0.5) is 0 Å². The Morgan fingerprint density at radius 1 is 1.33 bits per heavy atom. The molecule has 0 bridgehead atoms. The van der Waals surface area contributed by atoms with Gasteiger partial charge in [-0.25, -0.2) is 0 Å². The van der Waals surface area contributed by atoms with Crippen LogP contribution in [0.5, 0.6) is 0 Å². The van der Waals surface area contributed by atoms with Crippen molar-refractivity contribution in [2.45, 2.75) is 38.6 Å². The lowest BCUT2D eigenvalue weighted by molar-refractivity contribution is -0.128. The van der Waals surface area contributed by atoms with E-state index < -0.39 is 0 Å². The monoisotopic (exact) mass is 331 g/mol. The van der Waals surface area contributed by atoms with E-state index in [-0.39, 0.29) is 17.9 Å². The van der Waals surface area contributed by atoms with Crippen molar-refractivity contribution < 1.29 is 9.59 Å². The number of hydrogen-bond acceptors (Lipinski definition) is 3. The number of benzene rings is 1. The number of rotatable bonds is 8. The smallest absolute Gasteiger partial charge is 0.222 e. The molecule has 0 radical (unpaired) electrons. The topological polar surface area (TPSA) is 52.7 Å². The van der Waals surface area contributed by atoms with E-state index >= 15 is 0 Å². The lowest BCUT2D eigenvalue weighted by Gasteiger charge is -2.26. The van der Waals surface area contributed by atoms with Gasteiger partial charge in [-0.1, -0.05) is 24.3 Å². The van der Waals surface area contributed by atoms with Gasteiger partial charge in [-0.3, -0.25) is 9.59 Å². The summed E-state index contributed by atoms with van der Waals surface area (Å²) in [6.45, 7) is 4.23. The Bertz CT molecular complexity index is 571. The first-order valence-corrected chi connectivity index (χ1v) is 8.75. The third-order valence-corrected chi connectivity index (χ3v) is 4.67. The number of amides is 2. The van der Waals surface area contributed by atoms with Crippen molar-refractivity contribution in [3.05, 3.63) is 35.4 Å². The van der Waals surface area contributed by atoms with Crippen LogP contribution in [0.25, 0.3) is 0 Å². The maximum Gasteiger partial charge on any atom is 0.222 e. The molecule has 24 heavy (non-hydrogen) atoms. The molecule has 2 amide bonds. The van der Waals surface area contributed by atoms with Crippen LogP contribution < -0.4 is 5.32 Å². The highest BCUT2D eigenvalue weighted by Crippen LogP contribution is 2.21. The summed E-state index contributed by atoms with van der Waals surface area (Å²) >= 11 is 0. The summed E-state index contributed by atoms with van der Waals surface area (Å²) in [5.41, 5.74) is 2.48. The van der Waals surface area contributed by atoms with E-state index in [0.717, 1.165) is 19.4 Å². The van der Waals surface area contributed by atoms with Crippen molar-refractivity contribution in [3.63, 3.8) is 0 Å². The van der Waals surface area contributed by atoms with Crippen molar-refractivity contribution >= 4 is 11.8 Å². The number of nitrogens with zero attached hydrogens (tertiary/aromatic N) is 2. The average Bonchev–Trinajstić information content (AvgIpc) is 2.94. The maximum atomic E-state index is 12.1. The number of likely N-dealkylation sites (tertiary alicyclic amines) is 1. The van der Waals surface area contributed by atoms with Crippen molar-refractivity contribution in [3.8, 4) is 0 Å². The standard InChI is InChI=1S/C19H29N3O2/c1-15-8-4-5-9-16(15)17(21(2)3)14-20-18(23)10-6-12-22-13-7-11-19(22)24/h4-5,8-9,17H,6-7,10-14H2,1-3H3,(H,20,23)/t17-/m0/s1. The van der Waals surface area contributed by atoms with Crippen molar-refractivity contribution in [2.75, 3.05) is 33.7 Å². The molecule has 0 unspecified atom stereocenters. The molecule has 0 aliphatic carbocycles.